The average molecular weight is 397 g/mol. The van der Waals surface area contributed by atoms with Crippen molar-refractivity contribution in [3.8, 4) is 0 Å². The van der Waals surface area contributed by atoms with Crippen molar-refractivity contribution >= 4 is 11.9 Å². The van der Waals surface area contributed by atoms with Crippen molar-refractivity contribution in [1.82, 2.24) is 15.5 Å². The van der Waals surface area contributed by atoms with Gasteiger partial charge in [-0.1, -0.05) is 24.3 Å². The first-order chi connectivity index (χ1) is 13.9. The van der Waals surface area contributed by atoms with E-state index >= 15 is 0 Å². The molecule has 5 nitrogen and oxygen atoms in total. The van der Waals surface area contributed by atoms with E-state index in [1.165, 1.54) is 17.7 Å². The van der Waals surface area contributed by atoms with Crippen LogP contribution >= 0.6 is 0 Å². The van der Waals surface area contributed by atoms with Crippen molar-refractivity contribution in [2.24, 2.45) is 4.99 Å². The summed E-state index contributed by atoms with van der Waals surface area (Å²) in [4.78, 5) is 18.2. The zero-order valence-corrected chi connectivity index (χ0v) is 17.3. The molecule has 0 heterocycles. The van der Waals surface area contributed by atoms with E-state index in [0.717, 1.165) is 37.5 Å². The molecule has 6 heteroatoms. The Bertz CT molecular complexity index is 855. The summed E-state index contributed by atoms with van der Waals surface area (Å²) in [5, 5.41) is 6.71. The Morgan fingerprint density at radius 3 is 2.28 bits per heavy atom. The number of amides is 1. The zero-order chi connectivity index (χ0) is 20.9. The third-order valence-electron chi connectivity index (χ3n) is 5.28. The lowest BCUT2D eigenvalue weighted by Crippen LogP contribution is -2.41. The van der Waals surface area contributed by atoms with Crippen molar-refractivity contribution in [2.45, 2.75) is 31.7 Å². The minimum atomic E-state index is -0.203. The summed E-state index contributed by atoms with van der Waals surface area (Å²) in [7, 11) is 3.49. The Balaban J connectivity index is 1.61. The Hall–Kier alpha value is -2.89. The number of halogens is 1. The molecule has 0 atom stereocenters. The molecule has 0 radical (unpaired) electrons. The molecule has 1 aliphatic rings. The van der Waals surface area contributed by atoms with Gasteiger partial charge in [0.25, 0.3) is 5.91 Å². The highest BCUT2D eigenvalue weighted by Crippen LogP contribution is 2.47. The monoisotopic (exact) mass is 396 g/mol. The second kappa shape index (κ2) is 9.07. The van der Waals surface area contributed by atoms with Crippen LogP contribution in [0.2, 0.25) is 0 Å². The molecular weight excluding hydrogens is 367 g/mol. The lowest BCUT2D eigenvalue weighted by molar-refractivity contribution is 0.0827. The highest BCUT2D eigenvalue weighted by molar-refractivity contribution is 5.93. The molecular formula is C23H29FN4O. The van der Waals surface area contributed by atoms with E-state index in [2.05, 4.69) is 15.6 Å². The molecule has 2 aromatic carbocycles. The van der Waals surface area contributed by atoms with Gasteiger partial charge in [-0.2, -0.15) is 0 Å². The van der Waals surface area contributed by atoms with Gasteiger partial charge in [-0.15, -0.1) is 0 Å². The first kappa shape index (κ1) is 20.8. The van der Waals surface area contributed by atoms with E-state index in [1.54, 1.807) is 19.0 Å². The number of benzene rings is 2. The minimum Gasteiger partial charge on any atom is -0.357 e. The average Bonchev–Trinajstić information content (AvgIpc) is 3.51. The fourth-order valence-electron chi connectivity index (χ4n) is 3.30. The van der Waals surface area contributed by atoms with Crippen LogP contribution in [0.5, 0.6) is 0 Å². The molecule has 3 rings (SSSR count). The van der Waals surface area contributed by atoms with E-state index in [9.17, 15) is 9.18 Å². The van der Waals surface area contributed by atoms with Gasteiger partial charge in [0.1, 0.15) is 5.82 Å². The Morgan fingerprint density at radius 2 is 1.72 bits per heavy atom. The second-order valence-corrected chi connectivity index (χ2v) is 7.73. The maximum Gasteiger partial charge on any atom is 0.253 e. The van der Waals surface area contributed by atoms with Crippen molar-refractivity contribution in [2.75, 3.05) is 27.2 Å². The quantitative estimate of drug-likeness (QED) is 0.558. The summed E-state index contributed by atoms with van der Waals surface area (Å²) in [6.45, 7) is 4.09. The van der Waals surface area contributed by atoms with Gasteiger partial charge in [-0.25, -0.2) is 9.38 Å². The number of nitrogens with one attached hydrogen (secondary N) is 2. The summed E-state index contributed by atoms with van der Waals surface area (Å²) in [6.07, 6.45) is 2.18. The molecule has 1 aliphatic carbocycles. The molecule has 29 heavy (non-hydrogen) atoms. The maximum absolute atomic E-state index is 13.2. The van der Waals surface area contributed by atoms with Crippen LogP contribution in [-0.2, 0) is 12.0 Å². The molecule has 0 aromatic heterocycles. The lowest BCUT2D eigenvalue weighted by Gasteiger charge is -2.19. The van der Waals surface area contributed by atoms with Gasteiger partial charge in [-0.3, -0.25) is 4.79 Å². The second-order valence-electron chi connectivity index (χ2n) is 7.73. The molecule has 2 N–H and O–H groups in total. The van der Waals surface area contributed by atoms with Crippen LogP contribution in [0.25, 0.3) is 0 Å². The highest BCUT2D eigenvalue weighted by Gasteiger charge is 2.44. The highest BCUT2D eigenvalue weighted by atomic mass is 19.1. The molecule has 1 fully saturated rings. The van der Waals surface area contributed by atoms with Gasteiger partial charge < -0.3 is 15.5 Å². The van der Waals surface area contributed by atoms with Gasteiger partial charge in [0.05, 0.1) is 6.54 Å². The van der Waals surface area contributed by atoms with Crippen molar-refractivity contribution in [3.05, 3.63) is 71.0 Å². The molecule has 0 saturated heterocycles. The number of hydrogen-bond donors (Lipinski definition) is 2. The topological polar surface area (TPSA) is 56.7 Å². The minimum absolute atomic E-state index is 0.00872. The normalized spacial score (nSPS) is 15.0. The molecule has 0 aliphatic heterocycles. The third kappa shape index (κ3) is 5.34. The number of carbonyl (C=O) groups excluding carboxylic acids is 1. The first-order valence-corrected chi connectivity index (χ1v) is 10.0. The number of carbonyl (C=O) groups is 1. The van der Waals surface area contributed by atoms with Gasteiger partial charge >= 0.3 is 0 Å². The lowest BCUT2D eigenvalue weighted by atomic mass is 9.96. The predicted octanol–water partition coefficient (Wildman–Crippen LogP) is 3.31. The Labute approximate surface area is 172 Å². The first-order valence-electron chi connectivity index (χ1n) is 10.0. The largest absolute Gasteiger partial charge is 0.357 e. The number of rotatable bonds is 7. The summed E-state index contributed by atoms with van der Waals surface area (Å²) >= 11 is 0. The van der Waals surface area contributed by atoms with Crippen molar-refractivity contribution in [3.63, 3.8) is 0 Å². The number of guanidine groups is 1. The molecule has 0 bridgehead atoms. The zero-order valence-electron chi connectivity index (χ0n) is 17.3. The fraction of sp³-hybridized carbons (Fsp3) is 0.391. The van der Waals surface area contributed by atoms with Crippen LogP contribution in [0.15, 0.2) is 53.5 Å². The van der Waals surface area contributed by atoms with Crippen LogP contribution in [0.4, 0.5) is 4.39 Å². The summed E-state index contributed by atoms with van der Waals surface area (Å²) in [5.41, 5.74) is 2.95. The predicted molar refractivity (Wildman–Crippen MR) is 115 cm³/mol. The molecule has 0 spiro atoms. The smallest absolute Gasteiger partial charge is 0.253 e. The van der Waals surface area contributed by atoms with Crippen LogP contribution in [0, 0.1) is 5.82 Å². The van der Waals surface area contributed by atoms with Crippen LogP contribution in [-0.4, -0.2) is 44.0 Å². The van der Waals surface area contributed by atoms with E-state index < -0.39 is 0 Å². The molecule has 154 valence electrons. The van der Waals surface area contributed by atoms with Crippen LogP contribution in [0.1, 0.15) is 41.3 Å². The SMILES string of the molecule is CCNC(=NCc1ccc(C(=O)N(C)C)cc1)NCC1(c2ccc(F)cc2)CC1. The summed E-state index contributed by atoms with van der Waals surface area (Å²) in [6, 6.07) is 14.4. The summed E-state index contributed by atoms with van der Waals surface area (Å²) < 4.78 is 13.2. The molecule has 0 unspecified atom stereocenters. The van der Waals surface area contributed by atoms with Gasteiger partial charge in [0.15, 0.2) is 5.96 Å². The number of aliphatic imine (C=N–C) groups is 1. The van der Waals surface area contributed by atoms with E-state index in [-0.39, 0.29) is 17.1 Å². The Kier molecular flexibility index (Phi) is 6.52. The standard InChI is InChI=1S/C23H29FN4O/c1-4-25-22(26-15-17-5-7-18(8-6-17)21(29)28(2)3)27-16-23(13-14-23)19-9-11-20(24)12-10-19/h5-12H,4,13-16H2,1-3H3,(H2,25,26,27). The van der Waals surface area contributed by atoms with Crippen molar-refractivity contribution < 1.29 is 9.18 Å². The maximum atomic E-state index is 13.2. The Morgan fingerprint density at radius 1 is 1.07 bits per heavy atom. The van der Waals surface area contributed by atoms with E-state index in [0.29, 0.717) is 12.1 Å². The van der Waals surface area contributed by atoms with Crippen LogP contribution < -0.4 is 10.6 Å². The van der Waals surface area contributed by atoms with Crippen molar-refractivity contribution in [1.29, 1.82) is 0 Å². The van der Waals surface area contributed by atoms with Gasteiger partial charge in [0, 0.05) is 38.2 Å². The molecule has 1 saturated carbocycles. The number of nitrogens with zero attached hydrogens (tertiary/aromatic N) is 2. The number of hydrogen-bond acceptors (Lipinski definition) is 2. The van der Waals surface area contributed by atoms with Gasteiger partial charge in [0.2, 0.25) is 0 Å². The van der Waals surface area contributed by atoms with E-state index in [4.69, 9.17) is 0 Å². The third-order valence-corrected chi connectivity index (χ3v) is 5.28. The van der Waals surface area contributed by atoms with Crippen LogP contribution in [0.3, 0.4) is 0 Å². The molecule has 2 aromatic rings. The fourth-order valence-corrected chi connectivity index (χ4v) is 3.30. The van der Waals surface area contributed by atoms with E-state index in [1.807, 2.05) is 43.3 Å². The molecule has 1 amide bonds. The van der Waals surface area contributed by atoms with Gasteiger partial charge in [-0.05, 0) is 55.2 Å². The summed E-state index contributed by atoms with van der Waals surface area (Å²) in [5.74, 6) is 0.547.